The van der Waals surface area contributed by atoms with Crippen LogP contribution in [0.1, 0.15) is 21.5 Å². The first kappa shape index (κ1) is 23.4. The molecule has 0 saturated carbocycles. The molecule has 3 aromatic carbocycles. The van der Waals surface area contributed by atoms with Crippen LogP contribution in [-0.4, -0.2) is 37.7 Å². The molecule has 0 unspecified atom stereocenters. The van der Waals surface area contributed by atoms with E-state index in [-0.39, 0.29) is 17.3 Å². The zero-order chi connectivity index (χ0) is 23.6. The average Bonchev–Trinajstić information content (AvgIpc) is 2.85. The Bertz CT molecular complexity index is 1140. The number of methoxy groups -OCH3 is 2. The highest BCUT2D eigenvalue weighted by Gasteiger charge is 2.11. The van der Waals surface area contributed by atoms with E-state index in [0.717, 1.165) is 11.1 Å². The van der Waals surface area contributed by atoms with E-state index in [2.05, 4.69) is 0 Å². The van der Waals surface area contributed by atoms with Crippen molar-refractivity contribution < 1.29 is 33.6 Å². The largest absolute Gasteiger partial charge is 0.493 e. The van der Waals surface area contributed by atoms with Crippen molar-refractivity contribution in [3.8, 4) is 23.0 Å². The van der Waals surface area contributed by atoms with Gasteiger partial charge in [0.2, 0.25) is 0 Å². The normalized spacial score (nSPS) is 10.6. The monoisotopic (exact) mass is 448 g/mol. The van der Waals surface area contributed by atoms with Gasteiger partial charge in [0.1, 0.15) is 6.61 Å². The minimum absolute atomic E-state index is 0.246. The third kappa shape index (κ3) is 6.61. The Morgan fingerprint density at radius 3 is 2.24 bits per heavy atom. The minimum Gasteiger partial charge on any atom is -0.493 e. The van der Waals surface area contributed by atoms with Gasteiger partial charge in [-0.3, -0.25) is 4.79 Å². The molecule has 0 radical (unpaired) electrons. The number of aliphatic carboxylic acids is 1. The molecule has 0 saturated heterocycles. The maximum absolute atomic E-state index is 12.6. The average molecular weight is 448 g/mol. The summed E-state index contributed by atoms with van der Waals surface area (Å²) in [5.41, 5.74) is 2.17. The zero-order valence-corrected chi connectivity index (χ0v) is 18.3. The molecule has 170 valence electrons. The first-order chi connectivity index (χ1) is 16.0. The number of hydrogen-bond acceptors (Lipinski definition) is 6. The van der Waals surface area contributed by atoms with Crippen LogP contribution in [0, 0.1) is 0 Å². The number of benzene rings is 3. The molecular formula is C26H24O7. The summed E-state index contributed by atoms with van der Waals surface area (Å²) in [6.07, 6.45) is 3.12. The highest BCUT2D eigenvalue weighted by Crippen LogP contribution is 2.30. The van der Waals surface area contributed by atoms with Crippen LogP contribution in [0.2, 0.25) is 0 Å². The van der Waals surface area contributed by atoms with Crippen LogP contribution in [-0.2, 0) is 11.4 Å². The van der Waals surface area contributed by atoms with Crippen LogP contribution < -0.4 is 18.9 Å². The van der Waals surface area contributed by atoms with Crippen molar-refractivity contribution in [2.75, 3.05) is 20.8 Å². The number of carboxylic acids is 1. The number of ketones is 1. The predicted octanol–water partition coefficient (Wildman–Crippen LogP) is 4.64. The van der Waals surface area contributed by atoms with Gasteiger partial charge >= 0.3 is 5.97 Å². The molecule has 33 heavy (non-hydrogen) atoms. The van der Waals surface area contributed by atoms with Crippen molar-refractivity contribution in [3.05, 3.63) is 89.5 Å². The molecule has 0 aliphatic rings. The summed E-state index contributed by atoms with van der Waals surface area (Å²) < 4.78 is 21.7. The lowest BCUT2D eigenvalue weighted by molar-refractivity contribution is -0.139. The van der Waals surface area contributed by atoms with Gasteiger partial charge in [0.25, 0.3) is 0 Å². The fourth-order valence-corrected chi connectivity index (χ4v) is 2.99. The van der Waals surface area contributed by atoms with Crippen LogP contribution >= 0.6 is 0 Å². The van der Waals surface area contributed by atoms with Gasteiger partial charge in [0.15, 0.2) is 35.4 Å². The van der Waals surface area contributed by atoms with Crippen molar-refractivity contribution in [1.29, 1.82) is 0 Å². The van der Waals surface area contributed by atoms with Crippen LogP contribution in [0.5, 0.6) is 23.0 Å². The van der Waals surface area contributed by atoms with Gasteiger partial charge in [-0.05, 0) is 47.5 Å². The molecule has 0 amide bonds. The summed E-state index contributed by atoms with van der Waals surface area (Å²) in [6, 6.07) is 19.7. The molecule has 0 aliphatic heterocycles. The summed E-state index contributed by atoms with van der Waals surface area (Å²) in [5, 5.41) is 8.76. The number of carboxylic acid groups (broad SMARTS) is 1. The molecule has 0 heterocycles. The second-order valence-corrected chi connectivity index (χ2v) is 6.93. The number of carbonyl (C=O) groups excluding carboxylic acids is 1. The van der Waals surface area contributed by atoms with E-state index in [9.17, 15) is 9.59 Å². The molecule has 7 heteroatoms. The first-order valence-electron chi connectivity index (χ1n) is 10.1. The third-order valence-corrected chi connectivity index (χ3v) is 4.65. The molecule has 7 nitrogen and oxygen atoms in total. The Kier molecular flexibility index (Phi) is 8.07. The van der Waals surface area contributed by atoms with Gasteiger partial charge in [-0.2, -0.15) is 0 Å². The standard InChI is InChI=1S/C26H24O7/c1-30-22-12-9-18(14-25(22)32-16-19-6-4-3-5-7-19)8-11-21(27)20-10-13-23(24(15-20)31-2)33-17-26(28)29/h3-15H,16-17H2,1-2H3,(H,28,29). The minimum atomic E-state index is -1.10. The van der Waals surface area contributed by atoms with Crippen molar-refractivity contribution in [2.45, 2.75) is 6.61 Å². The summed E-state index contributed by atoms with van der Waals surface area (Å²) >= 11 is 0. The maximum atomic E-state index is 12.6. The highest BCUT2D eigenvalue weighted by molar-refractivity contribution is 6.07. The molecule has 0 bridgehead atoms. The van der Waals surface area contributed by atoms with Crippen molar-refractivity contribution in [1.82, 2.24) is 0 Å². The molecule has 0 atom stereocenters. The highest BCUT2D eigenvalue weighted by atomic mass is 16.5. The van der Waals surface area contributed by atoms with E-state index >= 15 is 0 Å². The Morgan fingerprint density at radius 1 is 0.818 bits per heavy atom. The molecule has 0 fully saturated rings. The number of ether oxygens (including phenoxy) is 4. The number of carbonyl (C=O) groups is 2. The first-order valence-corrected chi connectivity index (χ1v) is 10.1. The van der Waals surface area contributed by atoms with E-state index in [4.69, 9.17) is 24.1 Å². The van der Waals surface area contributed by atoms with Gasteiger partial charge < -0.3 is 24.1 Å². The van der Waals surface area contributed by atoms with E-state index in [1.165, 1.54) is 25.3 Å². The fourth-order valence-electron chi connectivity index (χ4n) is 2.99. The van der Waals surface area contributed by atoms with Crippen LogP contribution in [0.15, 0.2) is 72.8 Å². The van der Waals surface area contributed by atoms with Gasteiger partial charge in [-0.15, -0.1) is 0 Å². The number of hydrogen-bond donors (Lipinski definition) is 1. The number of allylic oxidation sites excluding steroid dienone is 1. The van der Waals surface area contributed by atoms with Crippen LogP contribution in [0.4, 0.5) is 0 Å². The molecular weight excluding hydrogens is 424 g/mol. The van der Waals surface area contributed by atoms with Gasteiger partial charge in [-0.1, -0.05) is 42.5 Å². The maximum Gasteiger partial charge on any atom is 0.341 e. The Hall–Kier alpha value is -4.26. The number of rotatable bonds is 11. The smallest absolute Gasteiger partial charge is 0.341 e. The third-order valence-electron chi connectivity index (χ3n) is 4.65. The topological polar surface area (TPSA) is 91.3 Å². The van der Waals surface area contributed by atoms with E-state index in [1.807, 2.05) is 36.4 Å². The predicted molar refractivity (Wildman–Crippen MR) is 123 cm³/mol. The lowest BCUT2D eigenvalue weighted by atomic mass is 10.1. The molecule has 0 aromatic heterocycles. The lowest BCUT2D eigenvalue weighted by Crippen LogP contribution is -2.10. The molecule has 1 N–H and O–H groups in total. The quantitative estimate of drug-likeness (QED) is 0.337. The Labute approximate surface area is 191 Å². The summed E-state index contributed by atoms with van der Waals surface area (Å²) in [6.45, 7) is -0.116. The summed E-state index contributed by atoms with van der Waals surface area (Å²) in [4.78, 5) is 23.3. The SMILES string of the molecule is COc1cc(C(=O)C=Cc2ccc(OC)c(OCc3ccccc3)c2)ccc1OCC(=O)O. The zero-order valence-electron chi connectivity index (χ0n) is 18.3. The van der Waals surface area contributed by atoms with Crippen molar-refractivity contribution in [3.63, 3.8) is 0 Å². The molecule has 0 spiro atoms. The molecule has 0 aliphatic carbocycles. The molecule has 3 rings (SSSR count). The van der Waals surface area contributed by atoms with E-state index in [0.29, 0.717) is 23.7 Å². The van der Waals surface area contributed by atoms with Gasteiger partial charge in [0.05, 0.1) is 14.2 Å². The van der Waals surface area contributed by atoms with Gasteiger partial charge in [0, 0.05) is 5.56 Å². The summed E-state index contributed by atoms with van der Waals surface area (Å²) in [7, 11) is 2.99. The molecule has 3 aromatic rings. The second kappa shape index (κ2) is 11.4. The Morgan fingerprint density at radius 2 is 1.55 bits per heavy atom. The van der Waals surface area contributed by atoms with Crippen LogP contribution in [0.3, 0.4) is 0 Å². The van der Waals surface area contributed by atoms with E-state index < -0.39 is 12.6 Å². The van der Waals surface area contributed by atoms with E-state index in [1.54, 1.807) is 31.4 Å². The van der Waals surface area contributed by atoms with Crippen molar-refractivity contribution in [2.24, 2.45) is 0 Å². The van der Waals surface area contributed by atoms with Gasteiger partial charge in [-0.25, -0.2) is 4.79 Å². The summed E-state index contributed by atoms with van der Waals surface area (Å²) in [5.74, 6) is 0.327. The fraction of sp³-hybridized carbons (Fsp3) is 0.154. The lowest BCUT2D eigenvalue weighted by Gasteiger charge is -2.11. The van der Waals surface area contributed by atoms with Crippen LogP contribution in [0.25, 0.3) is 6.08 Å². The second-order valence-electron chi connectivity index (χ2n) is 6.93. The van der Waals surface area contributed by atoms with Crippen molar-refractivity contribution >= 4 is 17.8 Å². The Balaban J connectivity index is 1.73.